The van der Waals surface area contributed by atoms with Crippen LogP contribution in [-0.2, 0) is 4.79 Å². The number of aliphatic hydroxyl groups excluding tert-OH is 2. The van der Waals surface area contributed by atoms with Crippen LogP contribution in [0.15, 0.2) is 85.1 Å². The molecule has 0 aliphatic heterocycles. The van der Waals surface area contributed by atoms with E-state index in [0.717, 1.165) is 64.2 Å². The first-order valence-electron chi connectivity index (χ1n) is 30.8. The van der Waals surface area contributed by atoms with Gasteiger partial charge in [0.1, 0.15) is 0 Å². The van der Waals surface area contributed by atoms with Crippen molar-refractivity contribution >= 4 is 5.91 Å². The minimum atomic E-state index is -0.868. The molecule has 70 heavy (non-hydrogen) atoms. The van der Waals surface area contributed by atoms with Gasteiger partial charge in [-0.15, -0.1) is 0 Å². The van der Waals surface area contributed by atoms with Crippen molar-refractivity contribution in [1.82, 2.24) is 5.32 Å². The topological polar surface area (TPSA) is 69.6 Å². The van der Waals surface area contributed by atoms with Gasteiger partial charge in [-0.3, -0.25) is 4.79 Å². The van der Waals surface area contributed by atoms with Gasteiger partial charge >= 0.3 is 0 Å². The monoisotopic (exact) mass is 974 g/mol. The summed E-state index contributed by atoms with van der Waals surface area (Å²) in [5.74, 6) is -0.0748. The molecule has 4 heteroatoms. The Bertz CT molecular complexity index is 1240. The molecule has 0 aromatic carbocycles. The Balaban J connectivity index is 3.53. The molecular weight excluding hydrogens is 855 g/mol. The second-order valence-corrected chi connectivity index (χ2v) is 20.7. The molecule has 0 spiro atoms. The van der Waals surface area contributed by atoms with E-state index in [9.17, 15) is 15.0 Å². The average molecular weight is 975 g/mol. The molecule has 3 N–H and O–H groups in total. The van der Waals surface area contributed by atoms with E-state index >= 15 is 0 Å². The lowest BCUT2D eigenvalue weighted by molar-refractivity contribution is -0.123. The first-order chi connectivity index (χ1) is 34.7. The van der Waals surface area contributed by atoms with E-state index in [-0.39, 0.29) is 12.5 Å². The van der Waals surface area contributed by atoms with Crippen molar-refractivity contribution in [2.75, 3.05) is 6.61 Å². The Morgan fingerprint density at radius 2 is 0.643 bits per heavy atom. The summed E-state index contributed by atoms with van der Waals surface area (Å²) in [7, 11) is 0. The molecule has 2 atom stereocenters. The molecule has 0 heterocycles. The van der Waals surface area contributed by atoms with E-state index in [4.69, 9.17) is 0 Å². The summed E-state index contributed by atoms with van der Waals surface area (Å²) < 4.78 is 0. The van der Waals surface area contributed by atoms with E-state index < -0.39 is 12.1 Å². The zero-order valence-corrected chi connectivity index (χ0v) is 46.8. The number of hydrogen-bond acceptors (Lipinski definition) is 3. The standard InChI is InChI=1S/C66H119NO3/c1-3-5-7-9-11-13-15-17-19-21-23-25-27-29-31-33-35-37-39-41-43-45-47-49-51-53-55-57-59-61-65(69)64(63-68)67-66(70)62-60-58-56-54-52-50-48-46-44-42-40-38-36-34-32-30-28-26-24-22-20-18-16-14-12-10-8-6-4-2/h6,8,12,14,18,20,24,26,30,32,51,53,59,61,64-65,68-69H,3-5,7,9-11,13,15-17,19,21-23,25,27-29,31,33-50,52,54-58,60,62-63H2,1-2H3,(H,67,70)/b8-6-,14-12-,20-18-,26-24-,32-30-,53-51+,61-59+. The van der Waals surface area contributed by atoms with Crippen molar-refractivity contribution in [3.05, 3.63) is 85.1 Å². The first kappa shape index (κ1) is 67.6. The van der Waals surface area contributed by atoms with Gasteiger partial charge in [-0.1, -0.05) is 311 Å². The Morgan fingerprint density at radius 3 is 1.00 bits per heavy atom. The summed E-state index contributed by atoms with van der Waals surface area (Å²) in [6.07, 6.45) is 89.1. The molecule has 0 aliphatic carbocycles. The highest BCUT2D eigenvalue weighted by Crippen LogP contribution is 2.17. The number of amides is 1. The molecule has 4 nitrogen and oxygen atoms in total. The number of nitrogens with one attached hydrogen (secondary N) is 1. The van der Waals surface area contributed by atoms with Gasteiger partial charge in [0.2, 0.25) is 5.91 Å². The van der Waals surface area contributed by atoms with Gasteiger partial charge in [-0.25, -0.2) is 0 Å². The third-order valence-corrected chi connectivity index (χ3v) is 13.9. The first-order valence-corrected chi connectivity index (χ1v) is 30.8. The van der Waals surface area contributed by atoms with Crippen molar-refractivity contribution in [3.8, 4) is 0 Å². The average Bonchev–Trinajstić information content (AvgIpc) is 3.36. The van der Waals surface area contributed by atoms with Crippen LogP contribution in [0, 0.1) is 0 Å². The molecule has 2 unspecified atom stereocenters. The second kappa shape index (κ2) is 60.9. The van der Waals surface area contributed by atoms with E-state index in [1.54, 1.807) is 6.08 Å². The third kappa shape index (κ3) is 56.5. The quantitative estimate of drug-likeness (QED) is 0.0420. The molecule has 0 bridgehead atoms. The molecule has 0 aromatic rings. The highest BCUT2D eigenvalue weighted by molar-refractivity contribution is 5.76. The van der Waals surface area contributed by atoms with Crippen LogP contribution in [0.1, 0.15) is 309 Å². The fourth-order valence-electron chi connectivity index (χ4n) is 9.22. The summed E-state index contributed by atoms with van der Waals surface area (Å²) in [6.45, 7) is 4.21. The number of carbonyl (C=O) groups excluding carboxylic acids is 1. The highest BCUT2D eigenvalue weighted by atomic mass is 16.3. The van der Waals surface area contributed by atoms with Crippen LogP contribution < -0.4 is 5.32 Å². The van der Waals surface area contributed by atoms with E-state index in [1.165, 1.54) is 225 Å². The zero-order chi connectivity index (χ0) is 50.6. The molecular formula is C66H119NO3. The Morgan fingerprint density at radius 1 is 0.357 bits per heavy atom. The van der Waals surface area contributed by atoms with Crippen LogP contribution in [0.5, 0.6) is 0 Å². The van der Waals surface area contributed by atoms with Gasteiger partial charge in [0.05, 0.1) is 18.8 Å². The number of rotatable bonds is 56. The summed E-state index contributed by atoms with van der Waals surface area (Å²) in [5.41, 5.74) is 0. The van der Waals surface area contributed by atoms with Crippen molar-refractivity contribution in [2.45, 2.75) is 321 Å². The molecule has 1 amide bonds. The maximum absolute atomic E-state index is 12.5. The fourth-order valence-corrected chi connectivity index (χ4v) is 9.22. The minimum Gasteiger partial charge on any atom is -0.394 e. The Kier molecular flexibility index (Phi) is 58.8. The third-order valence-electron chi connectivity index (χ3n) is 13.9. The van der Waals surface area contributed by atoms with Gasteiger partial charge in [-0.05, 0) is 77.0 Å². The smallest absolute Gasteiger partial charge is 0.220 e. The number of unbranched alkanes of at least 4 members (excludes halogenated alkanes) is 37. The van der Waals surface area contributed by atoms with Crippen molar-refractivity contribution < 1.29 is 15.0 Å². The molecule has 0 aromatic heterocycles. The fraction of sp³-hybridized carbons (Fsp3) is 0.773. The lowest BCUT2D eigenvalue weighted by Crippen LogP contribution is -2.45. The van der Waals surface area contributed by atoms with Crippen LogP contribution in [-0.4, -0.2) is 34.9 Å². The summed E-state index contributed by atoms with van der Waals surface area (Å²) >= 11 is 0. The van der Waals surface area contributed by atoms with Crippen LogP contribution in [0.2, 0.25) is 0 Å². The number of allylic oxidation sites excluding steroid dienone is 13. The predicted molar refractivity (Wildman–Crippen MR) is 313 cm³/mol. The largest absolute Gasteiger partial charge is 0.394 e. The Labute approximate surface area is 437 Å². The van der Waals surface area contributed by atoms with Gasteiger partial charge in [0, 0.05) is 6.42 Å². The van der Waals surface area contributed by atoms with Gasteiger partial charge in [0.25, 0.3) is 0 Å². The minimum absolute atomic E-state index is 0.0748. The molecule has 0 fully saturated rings. The predicted octanol–water partition coefficient (Wildman–Crippen LogP) is 20.7. The van der Waals surface area contributed by atoms with Crippen molar-refractivity contribution in [3.63, 3.8) is 0 Å². The Hall–Kier alpha value is -2.43. The van der Waals surface area contributed by atoms with Crippen LogP contribution in [0.4, 0.5) is 0 Å². The van der Waals surface area contributed by atoms with E-state index in [0.29, 0.717) is 6.42 Å². The van der Waals surface area contributed by atoms with Crippen LogP contribution >= 0.6 is 0 Å². The highest BCUT2D eigenvalue weighted by Gasteiger charge is 2.18. The zero-order valence-electron chi connectivity index (χ0n) is 46.8. The summed E-state index contributed by atoms with van der Waals surface area (Å²) in [4.78, 5) is 12.5. The van der Waals surface area contributed by atoms with Gasteiger partial charge in [-0.2, -0.15) is 0 Å². The molecule has 0 saturated heterocycles. The number of hydrogen-bond donors (Lipinski definition) is 3. The van der Waals surface area contributed by atoms with Gasteiger partial charge < -0.3 is 15.5 Å². The van der Waals surface area contributed by atoms with Gasteiger partial charge in [0.15, 0.2) is 0 Å². The maximum atomic E-state index is 12.5. The normalized spacial score (nSPS) is 13.4. The lowest BCUT2D eigenvalue weighted by atomic mass is 10.0. The van der Waals surface area contributed by atoms with Crippen molar-refractivity contribution in [2.24, 2.45) is 0 Å². The van der Waals surface area contributed by atoms with E-state index in [1.807, 2.05) is 6.08 Å². The van der Waals surface area contributed by atoms with Crippen molar-refractivity contribution in [1.29, 1.82) is 0 Å². The number of carbonyl (C=O) groups is 1. The number of aliphatic hydroxyl groups is 2. The molecule has 406 valence electrons. The summed E-state index contributed by atoms with van der Waals surface area (Å²) in [6, 6.07) is -0.646. The molecule has 0 aliphatic rings. The molecule has 0 rings (SSSR count). The molecule has 0 radical (unpaired) electrons. The van der Waals surface area contributed by atoms with E-state index in [2.05, 4.69) is 92.1 Å². The van der Waals surface area contributed by atoms with Crippen LogP contribution in [0.25, 0.3) is 0 Å². The second-order valence-electron chi connectivity index (χ2n) is 20.7. The summed E-state index contributed by atoms with van der Waals surface area (Å²) in [5, 5.41) is 23.2. The maximum Gasteiger partial charge on any atom is 0.220 e. The molecule has 0 saturated carbocycles. The SMILES string of the molecule is CC/C=C\C/C=C\C/C=C\C/C=C\C/C=C\CCCCCCCCCCCCCCCC(=O)NC(CO)C(O)/C=C/CC/C=C/CCCCCCCCCCCCCCCCCCCCCCCCC. The van der Waals surface area contributed by atoms with Crippen LogP contribution in [0.3, 0.4) is 0 Å². The lowest BCUT2D eigenvalue weighted by Gasteiger charge is -2.19.